The summed E-state index contributed by atoms with van der Waals surface area (Å²) >= 11 is 0. The number of likely N-dealkylation sites (tertiary alicyclic amines) is 2. The molecule has 0 saturated carbocycles. The molecule has 3 heterocycles. The van der Waals surface area contributed by atoms with Crippen molar-refractivity contribution >= 4 is 5.91 Å². The summed E-state index contributed by atoms with van der Waals surface area (Å²) in [6.45, 7) is 8.30. The molecule has 1 aromatic rings. The van der Waals surface area contributed by atoms with E-state index >= 15 is 0 Å². The number of ether oxygens (including phenoxy) is 1. The largest absolute Gasteiger partial charge is 0.508 e. The Bertz CT molecular complexity index is 652. The number of piperidine rings is 2. The lowest BCUT2D eigenvalue weighted by atomic mass is 9.76. The smallest absolute Gasteiger partial charge is 0.253 e. The van der Waals surface area contributed by atoms with Gasteiger partial charge in [0.1, 0.15) is 5.75 Å². The summed E-state index contributed by atoms with van der Waals surface area (Å²) in [4.78, 5) is 17.2. The fraction of sp³-hybridized carbons (Fsp3) is 0.682. The molecule has 0 bridgehead atoms. The van der Waals surface area contributed by atoms with E-state index in [1.165, 1.54) is 25.9 Å². The van der Waals surface area contributed by atoms with Crippen molar-refractivity contribution in [3.63, 3.8) is 0 Å². The Hall–Kier alpha value is -1.59. The van der Waals surface area contributed by atoms with E-state index in [1.807, 2.05) is 4.90 Å². The van der Waals surface area contributed by atoms with Crippen LogP contribution < -0.4 is 0 Å². The summed E-state index contributed by atoms with van der Waals surface area (Å²) in [6, 6.07) is 6.57. The van der Waals surface area contributed by atoms with Gasteiger partial charge in [0.2, 0.25) is 0 Å². The Balaban J connectivity index is 1.28. The summed E-state index contributed by atoms with van der Waals surface area (Å²) in [6.07, 6.45) is 6.23. The van der Waals surface area contributed by atoms with Crippen LogP contribution in [0.15, 0.2) is 24.3 Å². The number of benzene rings is 1. The zero-order valence-corrected chi connectivity index (χ0v) is 16.4. The molecule has 3 fully saturated rings. The average molecular weight is 373 g/mol. The summed E-state index contributed by atoms with van der Waals surface area (Å²) in [5, 5.41) is 9.40. The molecule has 0 radical (unpaired) electrons. The number of rotatable bonds is 3. The highest BCUT2D eigenvalue weighted by molar-refractivity contribution is 5.94. The van der Waals surface area contributed by atoms with Gasteiger partial charge in [-0.25, -0.2) is 0 Å². The van der Waals surface area contributed by atoms with Gasteiger partial charge in [-0.3, -0.25) is 4.79 Å². The monoisotopic (exact) mass is 372 g/mol. The third kappa shape index (κ3) is 4.30. The number of hydrogen-bond donors (Lipinski definition) is 1. The topological polar surface area (TPSA) is 53.0 Å². The Labute approximate surface area is 162 Å². The van der Waals surface area contributed by atoms with Gasteiger partial charge in [0, 0.05) is 31.7 Å². The van der Waals surface area contributed by atoms with Crippen LogP contribution in [0.2, 0.25) is 0 Å². The Morgan fingerprint density at radius 3 is 2.67 bits per heavy atom. The van der Waals surface area contributed by atoms with E-state index in [0.717, 1.165) is 51.4 Å². The van der Waals surface area contributed by atoms with Gasteiger partial charge in [-0.15, -0.1) is 0 Å². The maximum absolute atomic E-state index is 12.7. The molecule has 3 aliphatic rings. The summed E-state index contributed by atoms with van der Waals surface area (Å²) in [5.41, 5.74) is 0.918. The van der Waals surface area contributed by atoms with Gasteiger partial charge >= 0.3 is 0 Å². The minimum atomic E-state index is 0.0719. The highest BCUT2D eigenvalue weighted by Crippen LogP contribution is 2.42. The second-order valence-corrected chi connectivity index (χ2v) is 8.98. The lowest BCUT2D eigenvalue weighted by Crippen LogP contribution is -2.44. The first-order valence-corrected chi connectivity index (χ1v) is 10.5. The van der Waals surface area contributed by atoms with Crippen LogP contribution in [0, 0.1) is 11.3 Å². The van der Waals surface area contributed by atoms with E-state index < -0.39 is 0 Å². The molecule has 27 heavy (non-hydrogen) atoms. The van der Waals surface area contributed by atoms with Crippen LogP contribution >= 0.6 is 0 Å². The molecule has 1 spiro atoms. The number of aromatic hydroxyl groups is 1. The number of amides is 1. The fourth-order valence-corrected chi connectivity index (χ4v) is 5.07. The quantitative estimate of drug-likeness (QED) is 0.886. The first-order valence-electron chi connectivity index (χ1n) is 10.5. The molecule has 0 aliphatic carbocycles. The van der Waals surface area contributed by atoms with Gasteiger partial charge in [-0.1, -0.05) is 6.92 Å². The lowest BCUT2D eigenvalue weighted by Gasteiger charge is -2.38. The maximum atomic E-state index is 12.7. The van der Waals surface area contributed by atoms with Crippen molar-refractivity contribution in [1.29, 1.82) is 0 Å². The zero-order valence-electron chi connectivity index (χ0n) is 16.4. The molecule has 4 rings (SSSR count). The zero-order chi connectivity index (χ0) is 18.9. The van der Waals surface area contributed by atoms with Crippen molar-refractivity contribution in [2.24, 2.45) is 11.3 Å². The Morgan fingerprint density at radius 1 is 1.22 bits per heavy atom. The van der Waals surface area contributed by atoms with E-state index in [1.54, 1.807) is 24.3 Å². The molecule has 3 saturated heterocycles. The van der Waals surface area contributed by atoms with Crippen molar-refractivity contribution < 1.29 is 14.6 Å². The SMILES string of the molecule is C[C@H]1CCCN(C[C@@H]2CC3(CCN(C(=O)c4ccc(O)cc4)CC3)CO2)C1. The van der Waals surface area contributed by atoms with Crippen LogP contribution in [-0.2, 0) is 4.74 Å². The molecular formula is C22H32N2O3. The molecular weight excluding hydrogens is 340 g/mol. The van der Waals surface area contributed by atoms with Crippen LogP contribution in [0.3, 0.4) is 0 Å². The van der Waals surface area contributed by atoms with Crippen LogP contribution in [0.5, 0.6) is 5.75 Å². The molecule has 1 N–H and O–H groups in total. The highest BCUT2D eigenvalue weighted by Gasteiger charge is 2.43. The molecule has 5 heteroatoms. The number of phenols is 1. The summed E-state index contributed by atoms with van der Waals surface area (Å²) in [5.74, 6) is 1.08. The highest BCUT2D eigenvalue weighted by atomic mass is 16.5. The second-order valence-electron chi connectivity index (χ2n) is 8.98. The van der Waals surface area contributed by atoms with E-state index in [9.17, 15) is 9.90 Å². The third-order valence-electron chi connectivity index (χ3n) is 6.71. The summed E-state index contributed by atoms with van der Waals surface area (Å²) in [7, 11) is 0. The van der Waals surface area contributed by atoms with Crippen molar-refractivity contribution in [2.45, 2.75) is 45.1 Å². The molecule has 0 unspecified atom stereocenters. The van der Waals surface area contributed by atoms with Crippen molar-refractivity contribution in [3.8, 4) is 5.75 Å². The number of carbonyl (C=O) groups excluding carboxylic acids is 1. The van der Waals surface area contributed by atoms with E-state index in [2.05, 4.69) is 11.8 Å². The Kier molecular flexibility index (Phi) is 5.42. The first-order chi connectivity index (χ1) is 13.0. The summed E-state index contributed by atoms with van der Waals surface area (Å²) < 4.78 is 6.20. The number of nitrogens with zero attached hydrogens (tertiary/aromatic N) is 2. The van der Waals surface area contributed by atoms with Gasteiger partial charge in [-0.2, -0.15) is 0 Å². The number of hydrogen-bond acceptors (Lipinski definition) is 4. The van der Waals surface area contributed by atoms with Crippen LogP contribution in [0.25, 0.3) is 0 Å². The predicted molar refractivity (Wildman–Crippen MR) is 105 cm³/mol. The third-order valence-corrected chi connectivity index (χ3v) is 6.71. The van der Waals surface area contributed by atoms with E-state index in [4.69, 9.17) is 4.74 Å². The first kappa shape index (κ1) is 18.8. The van der Waals surface area contributed by atoms with Crippen LogP contribution in [0.4, 0.5) is 0 Å². The lowest BCUT2D eigenvalue weighted by molar-refractivity contribution is 0.0402. The minimum absolute atomic E-state index is 0.0719. The molecule has 3 aliphatic heterocycles. The van der Waals surface area contributed by atoms with Gasteiger partial charge in [0.15, 0.2) is 0 Å². The van der Waals surface area contributed by atoms with E-state index in [-0.39, 0.29) is 17.1 Å². The molecule has 148 valence electrons. The van der Waals surface area contributed by atoms with Crippen molar-refractivity contribution in [3.05, 3.63) is 29.8 Å². The second kappa shape index (κ2) is 7.80. The van der Waals surface area contributed by atoms with Crippen LogP contribution in [-0.4, -0.2) is 66.2 Å². The maximum Gasteiger partial charge on any atom is 0.253 e. The fourth-order valence-electron chi connectivity index (χ4n) is 5.07. The average Bonchev–Trinajstić information content (AvgIpc) is 3.04. The van der Waals surface area contributed by atoms with Crippen molar-refractivity contribution in [1.82, 2.24) is 9.80 Å². The minimum Gasteiger partial charge on any atom is -0.508 e. The Morgan fingerprint density at radius 2 is 1.96 bits per heavy atom. The number of carbonyl (C=O) groups is 1. The van der Waals surface area contributed by atoms with E-state index in [0.29, 0.717) is 11.7 Å². The standard InChI is InChI=1S/C22H32N2O3/c1-17-3-2-10-23(14-17)15-20-13-22(16-27-20)8-11-24(12-9-22)21(26)18-4-6-19(25)7-5-18/h4-7,17,20,25H,2-3,8-16H2,1H3/t17-,20-/m0/s1. The van der Waals surface area contributed by atoms with Gasteiger partial charge < -0.3 is 19.6 Å². The van der Waals surface area contributed by atoms with Crippen LogP contribution in [0.1, 0.15) is 49.4 Å². The predicted octanol–water partition coefficient (Wildman–Crippen LogP) is 3.14. The molecule has 1 amide bonds. The molecule has 0 aromatic heterocycles. The molecule has 5 nitrogen and oxygen atoms in total. The van der Waals surface area contributed by atoms with Gasteiger partial charge in [0.05, 0.1) is 12.7 Å². The molecule has 1 aromatic carbocycles. The molecule has 2 atom stereocenters. The van der Waals surface area contributed by atoms with Gasteiger partial charge in [-0.05, 0) is 74.2 Å². The normalized spacial score (nSPS) is 28.6. The number of phenolic OH excluding ortho intramolecular Hbond substituents is 1. The van der Waals surface area contributed by atoms with Gasteiger partial charge in [0.25, 0.3) is 5.91 Å². The van der Waals surface area contributed by atoms with Crippen molar-refractivity contribution in [2.75, 3.05) is 39.3 Å².